The average Bonchev–Trinajstić information content (AvgIpc) is 2.78. The molecule has 0 saturated carbocycles. The van der Waals surface area contributed by atoms with Crippen molar-refractivity contribution >= 4 is 27.3 Å². The van der Waals surface area contributed by atoms with Crippen LogP contribution < -0.4 is 9.62 Å². The van der Waals surface area contributed by atoms with Gasteiger partial charge in [-0.1, -0.05) is 42.0 Å². The standard InChI is InChI=1S/C24H25N3O5S/c1-17-9-14-23(18(2)15-17)19(3)25-24(28)16-26(20-10-12-21(13-11-20)27(29)30)33(31,32)22-7-5-4-6-8-22/h4-15,19H,16H2,1-3H3,(H,25,28). The third kappa shape index (κ3) is 5.56. The second-order valence-corrected chi connectivity index (χ2v) is 9.61. The summed E-state index contributed by atoms with van der Waals surface area (Å²) in [5, 5.41) is 13.8. The Labute approximate surface area is 193 Å². The van der Waals surface area contributed by atoms with Gasteiger partial charge in [0.15, 0.2) is 0 Å². The van der Waals surface area contributed by atoms with Gasteiger partial charge in [0.05, 0.1) is 21.5 Å². The Hall–Kier alpha value is -3.72. The maximum atomic E-state index is 13.3. The fourth-order valence-electron chi connectivity index (χ4n) is 3.58. The van der Waals surface area contributed by atoms with Crippen molar-refractivity contribution in [1.82, 2.24) is 5.32 Å². The Kier molecular flexibility index (Phi) is 7.13. The molecule has 8 nitrogen and oxygen atoms in total. The summed E-state index contributed by atoms with van der Waals surface area (Å²) >= 11 is 0. The number of benzene rings is 3. The maximum absolute atomic E-state index is 13.3. The molecular formula is C24H25N3O5S. The molecule has 0 radical (unpaired) electrons. The lowest BCUT2D eigenvalue weighted by atomic mass is 10.0. The number of aryl methyl sites for hydroxylation is 2. The van der Waals surface area contributed by atoms with Crippen LogP contribution in [0.3, 0.4) is 0 Å². The smallest absolute Gasteiger partial charge is 0.269 e. The molecule has 1 unspecified atom stereocenters. The summed E-state index contributed by atoms with van der Waals surface area (Å²) in [7, 11) is -4.09. The first-order valence-electron chi connectivity index (χ1n) is 10.3. The van der Waals surface area contributed by atoms with Crippen molar-refractivity contribution in [3.05, 3.63) is 99.6 Å². The van der Waals surface area contributed by atoms with E-state index in [9.17, 15) is 23.3 Å². The summed E-state index contributed by atoms with van der Waals surface area (Å²) in [6, 6.07) is 18.3. The number of non-ortho nitro benzene ring substituents is 1. The molecule has 1 amide bonds. The normalized spacial score (nSPS) is 12.1. The molecule has 9 heteroatoms. The fourth-order valence-corrected chi connectivity index (χ4v) is 5.02. The second-order valence-electron chi connectivity index (χ2n) is 7.75. The first-order chi connectivity index (χ1) is 15.6. The van der Waals surface area contributed by atoms with Gasteiger partial charge in [-0.05, 0) is 56.2 Å². The van der Waals surface area contributed by atoms with E-state index < -0.39 is 27.4 Å². The molecule has 1 N–H and O–H groups in total. The lowest BCUT2D eigenvalue weighted by molar-refractivity contribution is -0.384. The van der Waals surface area contributed by atoms with Crippen LogP contribution in [0.1, 0.15) is 29.7 Å². The quantitative estimate of drug-likeness (QED) is 0.393. The predicted octanol–water partition coefficient (Wildman–Crippen LogP) is 4.28. The van der Waals surface area contributed by atoms with Crippen LogP contribution in [-0.2, 0) is 14.8 Å². The molecule has 0 bridgehead atoms. The maximum Gasteiger partial charge on any atom is 0.269 e. The predicted molar refractivity (Wildman–Crippen MR) is 127 cm³/mol. The minimum atomic E-state index is -4.09. The average molecular weight is 468 g/mol. The number of nitrogens with zero attached hydrogens (tertiary/aromatic N) is 2. The van der Waals surface area contributed by atoms with Gasteiger partial charge in [-0.3, -0.25) is 19.2 Å². The Morgan fingerprint density at radius 2 is 1.67 bits per heavy atom. The summed E-state index contributed by atoms with van der Waals surface area (Å²) < 4.78 is 27.6. The number of carbonyl (C=O) groups is 1. The van der Waals surface area contributed by atoms with Gasteiger partial charge in [-0.15, -0.1) is 0 Å². The number of sulfonamides is 1. The Bertz CT molecular complexity index is 1260. The molecule has 0 saturated heterocycles. The van der Waals surface area contributed by atoms with E-state index in [0.29, 0.717) is 0 Å². The van der Waals surface area contributed by atoms with E-state index in [4.69, 9.17) is 0 Å². The van der Waals surface area contributed by atoms with Gasteiger partial charge >= 0.3 is 0 Å². The first kappa shape index (κ1) is 23.9. The van der Waals surface area contributed by atoms with Gasteiger partial charge in [0, 0.05) is 12.1 Å². The highest BCUT2D eigenvalue weighted by Gasteiger charge is 2.28. The van der Waals surface area contributed by atoms with E-state index in [1.54, 1.807) is 18.2 Å². The van der Waals surface area contributed by atoms with E-state index in [1.807, 2.05) is 39.0 Å². The molecule has 3 aromatic rings. The van der Waals surface area contributed by atoms with Gasteiger partial charge in [0.25, 0.3) is 15.7 Å². The zero-order chi connectivity index (χ0) is 24.2. The van der Waals surface area contributed by atoms with Gasteiger partial charge in [-0.2, -0.15) is 0 Å². The number of nitro benzene ring substituents is 1. The molecule has 0 aliphatic rings. The molecule has 0 heterocycles. The molecule has 0 fully saturated rings. The third-order valence-electron chi connectivity index (χ3n) is 5.24. The lowest BCUT2D eigenvalue weighted by Crippen LogP contribution is -2.41. The molecule has 1 atom stereocenters. The first-order valence-corrected chi connectivity index (χ1v) is 11.7. The number of amides is 1. The van der Waals surface area contributed by atoms with Crippen LogP contribution >= 0.6 is 0 Å². The second kappa shape index (κ2) is 9.83. The molecule has 3 rings (SSSR count). The zero-order valence-electron chi connectivity index (χ0n) is 18.6. The lowest BCUT2D eigenvalue weighted by Gasteiger charge is -2.25. The Morgan fingerprint density at radius 3 is 2.24 bits per heavy atom. The van der Waals surface area contributed by atoms with Crippen LogP contribution in [0.2, 0.25) is 0 Å². The van der Waals surface area contributed by atoms with Crippen molar-refractivity contribution in [3.8, 4) is 0 Å². The summed E-state index contributed by atoms with van der Waals surface area (Å²) in [6.45, 7) is 5.28. The van der Waals surface area contributed by atoms with Crippen molar-refractivity contribution in [2.75, 3.05) is 10.8 Å². The van der Waals surface area contributed by atoms with Crippen LogP contribution in [0.15, 0.2) is 77.7 Å². The summed E-state index contributed by atoms with van der Waals surface area (Å²) in [5.74, 6) is -0.500. The van der Waals surface area contributed by atoms with Crippen LogP contribution in [0.5, 0.6) is 0 Å². The molecule has 172 valence electrons. The van der Waals surface area contributed by atoms with E-state index in [-0.39, 0.29) is 22.3 Å². The van der Waals surface area contributed by atoms with E-state index in [0.717, 1.165) is 21.0 Å². The number of nitro groups is 1. The Balaban J connectivity index is 1.90. The van der Waals surface area contributed by atoms with Gasteiger partial charge < -0.3 is 5.32 Å². The third-order valence-corrected chi connectivity index (χ3v) is 7.02. The number of rotatable bonds is 8. The SMILES string of the molecule is Cc1ccc(C(C)NC(=O)CN(c2ccc([N+](=O)[O-])cc2)S(=O)(=O)c2ccccc2)c(C)c1. The molecule has 0 aliphatic heterocycles. The van der Waals surface area contributed by atoms with E-state index in [1.165, 1.54) is 36.4 Å². The number of carbonyl (C=O) groups excluding carboxylic acids is 1. The summed E-state index contributed by atoms with van der Waals surface area (Å²) in [6.07, 6.45) is 0. The van der Waals surface area contributed by atoms with Crippen molar-refractivity contribution in [2.24, 2.45) is 0 Å². The van der Waals surface area contributed by atoms with Gasteiger partial charge in [-0.25, -0.2) is 8.42 Å². The molecule has 0 spiro atoms. The van der Waals surface area contributed by atoms with Crippen molar-refractivity contribution in [2.45, 2.75) is 31.7 Å². The minimum absolute atomic E-state index is 0.0126. The number of nitrogens with one attached hydrogen (secondary N) is 1. The topological polar surface area (TPSA) is 110 Å². The molecule has 0 aromatic heterocycles. The van der Waals surface area contributed by atoms with Crippen molar-refractivity contribution in [3.63, 3.8) is 0 Å². The largest absolute Gasteiger partial charge is 0.348 e. The summed E-state index contributed by atoms with van der Waals surface area (Å²) in [4.78, 5) is 23.4. The monoisotopic (exact) mass is 467 g/mol. The highest BCUT2D eigenvalue weighted by atomic mass is 32.2. The van der Waals surface area contributed by atoms with E-state index >= 15 is 0 Å². The van der Waals surface area contributed by atoms with E-state index in [2.05, 4.69) is 5.32 Å². The Morgan fingerprint density at radius 1 is 1.03 bits per heavy atom. The van der Waals surface area contributed by atoms with Crippen LogP contribution in [0.4, 0.5) is 11.4 Å². The highest BCUT2D eigenvalue weighted by molar-refractivity contribution is 7.92. The molecule has 3 aromatic carbocycles. The number of hydrogen-bond donors (Lipinski definition) is 1. The number of hydrogen-bond acceptors (Lipinski definition) is 5. The van der Waals surface area contributed by atoms with Crippen molar-refractivity contribution < 1.29 is 18.1 Å². The van der Waals surface area contributed by atoms with Gasteiger partial charge in [0.1, 0.15) is 6.54 Å². The van der Waals surface area contributed by atoms with Crippen LogP contribution in [0.25, 0.3) is 0 Å². The van der Waals surface area contributed by atoms with Crippen molar-refractivity contribution in [1.29, 1.82) is 0 Å². The molecule has 0 aliphatic carbocycles. The highest BCUT2D eigenvalue weighted by Crippen LogP contribution is 2.26. The summed E-state index contributed by atoms with van der Waals surface area (Å²) in [5.41, 5.74) is 3.03. The number of anilines is 1. The zero-order valence-corrected chi connectivity index (χ0v) is 19.4. The minimum Gasteiger partial charge on any atom is -0.348 e. The van der Waals surface area contributed by atoms with Crippen LogP contribution in [0, 0.1) is 24.0 Å². The fraction of sp³-hybridized carbons (Fsp3) is 0.208. The van der Waals surface area contributed by atoms with Gasteiger partial charge in [0.2, 0.25) is 5.91 Å². The molecule has 33 heavy (non-hydrogen) atoms. The van der Waals surface area contributed by atoms with Crippen LogP contribution in [-0.4, -0.2) is 25.8 Å². The molecular weight excluding hydrogens is 442 g/mol.